The molecule has 4 nitrogen and oxygen atoms in total. The molecule has 144 valence electrons. The lowest BCUT2D eigenvalue weighted by Crippen LogP contribution is -2.48. The summed E-state index contributed by atoms with van der Waals surface area (Å²) >= 11 is 6.12. The van der Waals surface area contributed by atoms with Crippen molar-refractivity contribution < 1.29 is 14.0 Å². The van der Waals surface area contributed by atoms with Crippen LogP contribution in [0.4, 0.5) is 4.39 Å². The van der Waals surface area contributed by atoms with Crippen molar-refractivity contribution in [2.24, 2.45) is 5.92 Å². The first kappa shape index (κ1) is 20.9. The molecule has 0 heterocycles. The summed E-state index contributed by atoms with van der Waals surface area (Å²) in [5, 5.41) is 3.41. The zero-order valence-electron chi connectivity index (χ0n) is 15.7. The fourth-order valence-corrected chi connectivity index (χ4v) is 2.84. The minimum atomic E-state index is -0.674. The molecule has 1 N–H and O–H groups in total. The van der Waals surface area contributed by atoms with E-state index in [1.165, 1.54) is 17.0 Å². The summed E-state index contributed by atoms with van der Waals surface area (Å²) in [7, 11) is 0. The van der Waals surface area contributed by atoms with Gasteiger partial charge in [0.2, 0.25) is 11.8 Å². The zero-order valence-corrected chi connectivity index (χ0v) is 16.5. The van der Waals surface area contributed by atoms with Crippen LogP contribution in [0.1, 0.15) is 31.9 Å². The molecule has 0 radical (unpaired) electrons. The van der Waals surface area contributed by atoms with Crippen LogP contribution >= 0.6 is 11.6 Å². The molecule has 0 saturated heterocycles. The van der Waals surface area contributed by atoms with Gasteiger partial charge >= 0.3 is 0 Å². The molecule has 2 aromatic carbocycles. The molecule has 2 rings (SSSR count). The van der Waals surface area contributed by atoms with Gasteiger partial charge in [-0.1, -0.05) is 55.8 Å². The van der Waals surface area contributed by atoms with Crippen molar-refractivity contribution in [2.75, 3.05) is 0 Å². The molecule has 0 aromatic heterocycles. The second-order valence-corrected chi connectivity index (χ2v) is 7.14. The predicted octanol–water partition coefficient (Wildman–Crippen LogP) is 4.17. The lowest BCUT2D eigenvalue weighted by atomic mass is 10.1. The highest BCUT2D eigenvalue weighted by atomic mass is 35.5. The van der Waals surface area contributed by atoms with E-state index in [9.17, 15) is 14.0 Å². The predicted molar refractivity (Wildman–Crippen MR) is 105 cm³/mol. The summed E-state index contributed by atoms with van der Waals surface area (Å²) in [6.07, 6.45) is 0. The van der Waals surface area contributed by atoms with Gasteiger partial charge in [-0.3, -0.25) is 9.59 Å². The molecule has 27 heavy (non-hydrogen) atoms. The minimum Gasteiger partial charge on any atom is -0.350 e. The third kappa shape index (κ3) is 5.79. The van der Waals surface area contributed by atoms with Crippen molar-refractivity contribution in [1.29, 1.82) is 0 Å². The Balaban J connectivity index is 2.10. The van der Waals surface area contributed by atoms with Gasteiger partial charge in [0.15, 0.2) is 0 Å². The number of carbonyl (C=O) groups is 2. The molecule has 0 bridgehead atoms. The maximum atomic E-state index is 13.1. The minimum absolute atomic E-state index is 0.139. The van der Waals surface area contributed by atoms with E-state index >= 15 is 0 Å². The fourth-order valence-electron chi connectivity index (χ4n) is 2.64. The summed E-state index contributed by atoms with van der Waals surface area (Å²) in [6.45, 7) is 5.77. The first-order valence-electron chi connectivity index (χ1n) is 8.85. The molecule has 6 heteroatoms. The van der Waals surface area contributed by atoms with Crippen LogP contribution < -0.4 is 5.32 Å². The van der Waals surface area contributed by atoms with Crippen LogP contribution in [0.2, 0.25) is 5.02 Å². The van der Waals surface area contributed by atoms with Crippen molar-refractivity contribution >= 4 is 23.4 Å². The van der Waals surface area contributed by atoms with Crippen LogP contribution in [-0.4, -0.2) is 22.8 Å². The van der Waals surface area contributed by atoms with E-state index in [0.29, 0.717) is 5.02 Å². The van der Waals surface area contributed by atoms with Crippen molar-refractivity contribution in [2.45, 2.75) is 39.9 Å². The van der Waals surface area contributed by atoms with Crippen LogP contribution in [0, 0.1) is 11.7 Å². The van der Waals surface area contributed by atoms with E-state index in [2.05, 4.69) is 5.32 Å². The Hall–Kier alpha value is -2.40. The molecule has 2 aromatic rings. The maximum Gasteiger partial charge on any atom is 0.242 e. The van der Waals surface area contributed by atoms with Crippen molar-refractivity contribution in [3.63, 3.8) is 0 Å². The first-order valence-corrected chi connectivity index (χ1v) is 9.23. The quantitative estimate of drug-likeness (QED) is 0.771. The Morgan fingerprint density at radius 1 is 1.07 bits per heavy atom. The zero-order chi connectivity index (χ0) is 20.0. The summed E-state index contributed by atoms with van der Waals surface area (Å²) in [5.74, 6) is -1.01. The Morgan fingerprint density at radius 3 is 2.30 bits per heavy atom. The molecule has 0 saturated carbocycles. The smallest absolute Gasteiger partial charge is 0.242 e. The van der Waals surface area contributed by atoms with Gasteiger partial charge in [0.1, 0.15) is 11.9 Å². The molecule has 0 spiro atoms. The van der Waals surface area contributed by atoms with Gasteiger partial charge in [-0.2, -0.15) is 0 Å². The highest BCUT2D eigenvalue weighted by molar-refractivity contribution is 6.31. The molecule has 2 amide bonds. The van der Waals surface area contributed by atoms with Gasteiger partial charge in [0.25, 0.3) is 0 Å². The molecule has 0 aliphatic carbocycles. The van der Waals surface area contributed by atoms with Crippen LogP contribution in [0.25, 0.3) is 0 Å². The largest absolute Gasteiger partial charge is 0.350 e. The summed E-state index contributed by atoms with van der Waals surface area (Å²) in [4.78, 5) is 26.8. The number of benzene rings is 2. The highest BCUT2D eigenvalue weighted by Gasteiger charge is 2.27. The van der Waals surface area contributed by atoms with Gasteiger partial charge in [0, 0.05) is 24.0 Å². The SMILES string of the molecule is CC(C)C(=O)N(Cc1ccc(F)cc1)[C@H](C)C(=O)NCc1ccccc1Cl. The Bertz CT molecular complexity index is 793. The number of nitrogens with one attached hydrogen (secondary N) is 1. The molecule has 0 aliphatic heterocycles. The van der Waals surface area contributed by atoms with Gasteiger partial charge < -0.3 is 10.2 Å². The second-order valence-electron chi connectivity index (χ2n) is 6.73. The van der Waals surface area contributed by atoms with Crippen molar-refractivity contribution in [3.8, 4) is 0 Å². The number of halogens is 2. The van der Waals surface area contributed by atoms with E-state index in [0.717, 1.165) is 11.1 Å². The summed E-state index contributed by atoms with van der Waals surface area (Å²) < 4.78 is 13.1. The maximum absolute atomic E-state index is 13.1. The second kappa shape index (κ2) is 9.51. The molecule has 0 unspecified atom stereocenters. The third-order valence-corrected chi connectivity index (χ3v) is 4.67. The number of rotatable bonds is 7. The number of hydrogen-bond acceptors (Lipinski definition) is 2. The molecule has 0 fully saturated rings. The number of carbonyl (C=O) groups excluding carboxylic acids is 2. The van der Waals surface area contributed by atoms with Crippen LogP contribution in [0.3, 0.4) is 0 Å². The Kier molecular flexibility index (Phi) is 7.36. The van der Waals surface area contributed by atoms with Crippen LogP contribution in [0.15, 0.2) is 48.5 Å². The van der Waals surface area contributed by atoms with Crippen LogP contribution in [0.5, 0.6) is 0 Å². The fraction of sp³-hybridized carbons (Fsp3) is 0.333. The molecule has 1 atom stereocenters. The van der Waals surface area contributed by atoms with Crippen molar-refractivity contribution in [1.82, 2.24) is 10.2 Å². The first-order chi connectivity index (χ1) is 12.8. The number of hydrogen-bond donors (Lipinski definition) is 1. The normalized spacial score (nSPS) is 11.9. The molecule has 0 aliphatic rings. The molecular formula is C21H24ClFN2O2. The summed E-state index contributed by atoms with van der Waals surface area (Å²) in [6, 6.07) is 12.5. The van der Waals surface area contributed by atoms with Gasteiger partial charge in [-0.15, -0.1) is 0 Å². The lowest BCUT2D eigenvalue weighted by molar-refractivity contribution is -0.143. The van der Waals surface area contributed by atoms with E-state index < -0.39 is 6.04 Å². The van der Waals surface area contributed by atoms with E-state index in [1.807, 2.05) is 18.2 Å². The number of nitrogens with zero attached hydrogens (tertiary/aromatic N) is 1. The average molecular weight is 391 g/mol. The van der Waals surface area contributed by atoms with Crippen molar-refractivity contribution in [3.05, 3.63) is 70.5 Å². The van der Waals surface area contributed by atoms with Gasteiger partial charge in [-0.05, 0) is 36.2 Å². The Morgan fingerprint density at radius 2 is 1.70 bits per heavy atom. The standard InChI is InChI=1S/C21H24ClFN2O2/c1-14(2)21(27)25(13-16-8-10-18(23)11-9-16)15(3)20(26)24-12-17-6-4-5-7-19(17)22/h4-11,14-15H,12-13H2,1-3H3,(H,24,26)/t15-/m1/s1. The molecular weight excluding hydrogens is 367 g/mol. The Labute approximate surface area is 164 Å². The highest BCUT2D eigenvalue weighted by Crippen LogP contribution is 2.16. The van der Waals surface area contributed by atoms with E-state index in [-0.39, 0.29) is 36.6 Å². The van der Waals surface area contributed by atoms with Gasteiger partial charge in [0.05, 0.1) is 0 Å². The van der Waals surface area contributed by atoms with Gasteiger partial charge in [-0.25, -0.2) is 4.39 Å². The number of amides is 2. The van der Waals surface area contributed by atoms with E-state index in [1.54, 1.807) is 39.0 Å². The average Bonchev–Trinajstić information content (AvgIpc) is 2.65. The topological polar surface area (TPSA) is 49.4 Å². The van der Waals surface area contributed by atoms with E-state index in [4.69, 9.17) is 11.6 Å². The third-order valence-electron chi connectivity index (χ3n) is 4.30. The lowest BCUT2D eigenvalue weighted by Gasteiger charge is -2.30. The summed E-state index contributed by atoms with van der Waals surface area (Å²) in [5.41, 5.74) is 1.57. The van der Waals surface area contributed by atoms with Crippen LogP contribution in [-0.2, 0) is 22.7 Å². The monoisotopic (exact) mass is 390 g/mol.